The molecule has 0 aliphatic rings. The van der Waals surface area contributed by atoms with Gasteiger partial charge in [-0.25, -0.2) is 4.98 Å². The molecule has 4 heterocycles. The lowest BCUT2D eigenvalue weighted by Crippen LogP contribution is -2.25. The molecule has 5 nitrogen and oxygen atoms in total. The molecule has 4 rings (SSSR count). The number of carbonyl (C=O) groups excluding carboxylic acids is 1. The number of carbonyl (C=O) groups is 1. The van der Waals surface area contributed by atoms with Crippen molar-refractivity contribution in [1.82, 2.24) is 4.98 Å². The van der Waals surface area contributed by atoms with Crippen LogP contribution >= 0.6 is 34.0 Å². The van der Waals surface area contributed by atoms with Gasteiger partial charge in [0.1, 0.15) is 5.69 Å². The van der Waals surface area contributed by atoms with Gasteiger partial charge in [-0.15, -0.1) is 22.7 Å². The molecule has 1 N–H and O–H groups in total. The molecule has 25 heavy (non-hydrogen) atoms. The van der Waals surface area contributed by atoms with Crippen LogP contribution < -0.4 is 10.0 Å². The number of anilines is 1. The quantitative estimate of drug-likeness (QED) is 0.416. The summed E-state index contributed by atoms with van der Waals surface area (Å²) < 4.78 is 0.643. The van der Waals surface area contributed by atoms with Gasteiger partial charge in [0.15, 0.2) is 17.5 Å². The maximum atomic E-state index is 12.4. The average molecular weight is 385 g/mol. The Morgan fingerprint density at radius 1 is 1.04 bits per heavy atom. The van der Waals surface area contributed by atoms with E-state index in [9.17, 15) is 10.0 Å². The first-order valence-corrected chi connectivity index (χ1v) is 9.87. The molecule has 0 spiro atoms. The van der Waals surface area contributed by atoms with Crippen molar-refractivity contribution >= 4 is 45.0 Å². The number of nitrogens with zero attached hydrogens (tertiary/aromatic N) is 2. The molecule has 0 atom stereocenters. The van der Waals surface area contributed by atoms with E-state index in [0.717, 1.165) is 20.3 Å². The third kappa shape index (κ3) is 3.32. The number of hydrogen-bond acceptors (Lipinski definition) is 6. The Morgan fingerprint density at radius 2 is 1.72 bits per heavy atom. The summed E-state index contributed by atoms with van der Waals surface area (Å²) in [4.78, 5) is 20.2. The van der Waals surface area contributed by atoms with Crippen molar-refractivity contribution in [2.24, 2.45) is 0 Å². The van der Waals surface area contributed by atoms with E-state index in [-0.39, 0.29) is 5.91 Å². The third-order valence-corrected chi connectivity index (χ3v) is 6.31. The topological polar surface area (TPSA) is 68.9 Å². The van der Waals surface area contributed by atoms with E-state index in [1.165, 1.54) is 35.9 Å². The molecule has 4 aromatic heterocycles. The van der Waals surface area contributed by atoms with Crippen LogP contribution in [0.1, 0.15) is 10.4 Å². The predicted octanol–water partition coefficient (Wildman–Crippen LogP) is 4.49. The summed E-state index contributed by atoms with van der Waals surface area (Å²) in [5.74, 6) is -0.287. The molecular weight excluding hydrogens is 374 g/mol. The number of rotatable bonds is 4. The highest BCUT2D eigenvalue weighted by atomic mass is 32.1. The second-order valence-corrected chi connectivity index (χ2v) is 7.95. The summed E-state index contributed by atoms with van der Waals surface area (Å²) in [6, 6.07) is 11.0. The summed E-state index contributed by atoms with van der Waals surface area (Å²) in [6.07, 6.45) is 2.59. The minimum absolute atomic E-state index is 0.287. The second-order valence-electron chi connectivity index (χ2n) is 5.05. The fraction of sp³-hybridized carbons (Fsp3) is 0. The monoisotopic (exact) mass is 385 g/mol. The first-order chi connectivity index (χ1) is 12.2. The number of amides is 1. The van der Waals surface area contributed by atoms with E-state index in [1.807, 2.05) is 35.0 Å². The summed E-state index contributed by atoms with van der Waals surface area (Å²) in [5.41, 5.74) is 1.29. The van der Waals surface area contributed by atoms with Crippen molar-refractivity contribution in [1.29, 1.82) is 0 Å². The Balaban J connectivity index is 1.68. The van der Waals surface area contributed by atoms with Crippen LogP contribution in [0.2, 0.25) is 0 Å². The molecule has 0 radical (unpaired) electrons. The highest BCUT2D eigenvalue weighted by Crippen LogP contribution is 2.42. The Kier molecular flexibility index (Phi) is 4.31. The van der Waals surface area contributed by atoms with E-state index in [1.54, 1.807) is 22.7 Å². The molecule has 0 saturated heterocycles. The van der Waals surface area contributed by atoms with Crippen molar-refractivity contribution < 1.29 is 9.52 Å². The Labute approximate surface area is 155 Å². The molecule has 0 aliphatic carbocycles. The van der Waals surface area contributed by atoms with Gasteiger partial charge in [-0.05, 0) is 22.9 Å². The van der Waals surface area contributed by atoms with E-state index in [0.29, 0.717) is 15.4 Å². The standard InChI is InChI=1S/C17H11N3O2S3/c21-16(11-5-7-20(22)8-6-11)19-17-18-14(12-3-1-9-23-12)15(25-17)13-4-2-10-24-13/h1-10H,(H,18,19,21). The molecule has 0 aliphatic heterocycles. The molecular formula is C17H11N3O2S3. The lowest BCUT2D eigenvalue weighted by atomic mass is 10.2. The van der Waals surface area contributed by atoms with Crippen molar-refractivity contribution in [3.8, 4) is 20.3 Å². The van der Waals surface area contributed by atoms with Crippen molar-refractivity contribution in [3.63, 3.8) is 0 Å². The van der Waals surface area contributed by atoms with Crippen molar-refractivity contribution in [2.45, 2.75) is 0 Å². The lowest BCUT2D eigenvalue weighted by molar-refractivity contribution is -0.605. The summed E-state index contributed by atoms with van der Waals surface area (Å²) in [7, 11) is 0. The van der Waals surface area contributed by atoms with Gasteiger partial charge >= 0.3 is 0 Å². The molecule has 0 bridgehead atoms. The van der Waals surface area contributed by atoms with E-state index in [2.05, 4.69) is 10.3 Å². The molecule has 4 aromatic rings. The highest BCUT2D eigenvalue weighted by Gasteiger charge is 2.18. The third-order valence-electron chi connectivity index (χ3n) is 3.41. The second kappa shape index (κ2) is 6.75. The van der Waals surface area contributed by atoms with Crippen LogP contribution in [0.15, 0.2) is 59.6 Å². The molecule has 0 fully saturated rings. The fourth-order valence-corrected chi connectivity index (χ4v) is 4.88. The minimum atomic E-state index is -0.287. The lowest BCUT2D eigenvalue weighted by Gasteiger charge is -2.01. The van der Waals surface area contributed by atoms with Crippen LogP contribution in [0.5, 0.6) is 0 Å². The van der Waals surface area contributed by atoms with Crippen LogP contribution in [-0.4, -0.2) is 10.9 Å². The minimum Gasteiger partial charge on any atom is -0.619 e. The number of aromatic nitrogens is 2. The first-order valence-electron chi connectivity index (χ1n) is 7.29. The van der Waals surface area contributed by atoms with Crippen molar-refractivity contribution in [3.05, 3.63) is 70.3 Å². The van der Waals surface area contributed by atoms with Crippen LogP contribution in [0.4, 0.5) is 5.13 Å². The van der Waals surface area contributed by atoms with Crippen LogP contribution in [0.3, 0.4) is 0 Å². The van der Waals surface area contributed by atoms with Crippen LogP contribution in [0, 0.1) is 5.21 Å². The molecule has 0 aromatic carbocycles. The largest absolute Gasteiger partial charge is 0.619 e. The zero-order valence-corrected chi connectivity index (χ0v) is 15.2. The molecule has 1 amide bonds. The molecule has 0 saturated carbocycles. The zero-order valence-electron chi connectivity index (χ0n) is 12.7. The van der Waals surface area contributed by atoms with Gasteiger partial charge in [0.05, 0.1) is 15.3 Å². The van der Waals surface area contributed by atoms with E-state index >= 15 is 0 Å². The molecule has 0 unspecified atom stereocenters. The number of thiophene rings is 2. The average Bonchev–Trinajstić information content (AvgIpc) is 3.36. The Morgan fingerprint density at radius 3 is 2.36 bits per heavy atom. The summed E-state index contributed by atoms with van der Waals surface area (Å²) in [5, 5.41) is 18.5. The van der Waals surface area contributed by atoms with Crippen LogP contribution in [-0.2, 0) is 0 Å². The molecule has 8 heteroatoms. The fourth-order valence-electron chi connectivity index (χ4n) is 2.26. The summed E-state index contributed by atoms with van der Waals surface area (Å²) in [6.45, 7) is 0. The normalized spacial score (nSPS) is 10.7. The van der Waals surface area contributed by atoms with Gasteiger partial charge in [0.25, 0.3) is 5.91 Å². The molecule has 124 valence electrons. The van der Waals surface area contributed by atoms with Gasteiger partial charge < -0.3 is 5.21 Å². The summed E-state index contributed by atoms with van der Waals surface area (Å²) >= 11 is 4.71. The van der Waals surface area contributed by atoms with Gasteiger partial charge in [0, 0.05) is 17.0 Å². The SMILES string of the molecule is O=C(Nc1nc(-c2cccs2)c(-c2cccs2)s1)c1cc[n+]([O-])cc1. The van der Waals surface area contributed by atoms with Gasteiger partial charge in [-0.2, -0.15) is 4.73 Å². The maximum Gasteiger partial charge on any atom is 0.257 e. The van der Waals surface area contributed by atoms with Crippen molar-refractivity contribution in [2.75, 3.05) is 5.32 Å². The number of hydrogen-bond donors (Lipinski definition) is 1. The van der Waals surface area contributed by atoms with Gasteiger partial charge in [0.2, 0.25) is 0 Å². The number of nitrogens with one attached hydrogen (secondary N) is 1. The Bertz CT molecular complexity index is 939. The van der Waals surface area contributed by atoms with Crippen LogP contribution in [0.25, 0.3) is 20.3 Å². The highest BCUT2D eigenvalue weighted by molar-refractivity contribution is 7.24. The van der Waals surface area contributed by atoms with Gasteiger partial charge in [-0.3, -0.25) is 10.1 Å². The number of pyridine rings is 1. The first kappa shape index (κ1) is 15.9. The van der Waals surface area contributed by atoms with Gasteiger partial charge in [-0.1, -0.05) is 23.5 Å². The maximum absolute atomic E-state index is 12.4. The van der Waals surface area contributed by atoms with E-state index < -0.39 is 0 Å². The number of thiazole rings is 1. The predicted molar refractivity (Wildman–Crippen MR) is 102 cm³/mol. The Hall–Kier alpha value is -2.55. The van der Waals surface area contributed by atoms with E-state index in [4.69, 9.17) is 0 Å². The zero-order chi connectivity index (χ0) is 17.2. The smallest absolute Gasteiger partial charge is 0.257 e.